The van der Waals surface area contributed by atoms with Gasteiger partial charge in [-0.2, -0.15) is 0 Å². The highest BCUT2D eigenvalue weighted by molar-refractivity contribution is 5.76. The second-order valence-electron chi connectivity index (χ2n) is 6.96. The van der Waals surface area contributed by atoms with Crippen LogP contribution in [0.3, 0.4) is 0 Å². The first kappa shape index (κ1) is 17.8. The smallest absolute Gasteiger partial charge is 0.329 e. The number of carboxylic acid groups (broad SMARTS) is 1. The van der Waals surface area contributed by atoms with Crippen LogP contribution in [0.15, 0.2) is 0 Å². The van der Waals surface area contributed by atoms with E-state index in [4.69, 9.17) is 9.84 Å². The molecular weight excluding hydrogens is 272 g/mol. The van der Waals surface area contributed by atoms with E-state index in [9.17, 15) is 9.59 Å². The fourth-order valence-corrected chi connectivity index (χ4v) is 2.54. The fourth-order valence-electron chi connectivity index (χ4n) is 2.54. The highest BCUT2D eigenvalue weighted by atomic mass is 16.5. The van der Waals surface area contributed by atoms with E-state index in [0.717, 1.165) is 13.1 Å². The first-order valence-electron chi connectivity index (χ1n) is 7.52. The highest BCUT2D eigenvalue weighted by Crippen LogP contribution is 2.26. The van der Waals surface area contributed by atoms with Crippen molar-refractivity contribution < 1.29 is 19.4 Å². The van der Waals surface area contributed by atoms with E-state index in [0.29, 0.717) is 24.9 Å². The summed E-state index contributed by atoms with van der Waals surface area (Å²) in [4.78, 5) is 26.7. The van der Waals surface area contributed by atoms with Crippen LogP contribution in [0.25, 0.3) is 0 Å². The molecule has 0 aromatic carbocycles. The maximum atomic E-state index is 12.5. The molecule has 122 valence electrons. The highest BCUT2D eigenvalue weighted by Gasteiger charge is 2.44. The predicted octanol–water partition coefficient (Wildman–Crippen LogP) is 1.90. The van der Waals surface area contributed by atoms with E-state index in [1.807, 2.05) is 11.8 Å². The quantitative estimate of drug-likeness (QED) is 0.779. The van der Waals surface area contributed by atoms with Crippen LogP contribution in [0.2, 0.25) is 0 Å². The van der Waals surface area contributed by atoms with Gasteiger partial charge in [0.15, 0.2) is 0 Å². The number of aliphatic carboxylic acids is 1. The number of nitrogens with zero attached hydrogens (tertiary/aromatic N) is 2. The van der Waals surface area contributed by atoms with Gasteiger partial charge in [0.1, 0.15) is 12.2 Å². The molecule has 1 N–H and O–H groups in total. The maximum absolute atomic E-state index is 12.5. The lowest BCUT2D eigenvalue weighted by Crippen LogP contribution is -2.66. The third-order valence-electron chi connectivity index (χ3n) is 3.31. The van der Waals surface area contributed by atoms with Gasteiger partial charge in [-0.1, -0.05) is 27.7 Å². The van der Waals surface area contributed by atoms with Gasteiger partial charge in [0, 0.05) is 13.1 Å². The van der Waals surface area contributed by atoms with Gasteiger partial charge in [0.25, 0.3) is 0 Å². The predicted molar refractivity (Wildman–Crippen MR) is 80.2 cm³/mol. The van der Waals surface area contributed by atoms with Crippen molar-refractivity contribution in [1.82, 2.24) is 9.80 Å². The van der Waals surface area contributed by atoms with Crippen LogP contribution in [-0.4, -0.2) is 65.3 Å². The lowest BCUT2D eigenvalue weighted by Gasteiger charge is -2.48. The number of likely N-dealkylation sites (tertiary alicyclic amines) is 1. The number of amides is 2. The van der Waals surface area contributed by atoms with Gasteiger partial charge in [0.05, 0.1) is 13.1 Å². The van der Waals surface area contributed by atoms with Gasteiger partial charge >= 0.3 is 12.0 Å². The van der Waals surface area contributed by atoms with Crippen molar-refractivity contribution in [2.24, 2.45) is 11.8 Å². The second-order valence-corrected chi connectivity index (χ2v) is 6.96. The molecule has 1 heterocycles. The summed E-state index contributed by atoms with van der Waals surface area (Å²) in [7, 11) is 0. The van der Waals surface area contributed by atoms with Crippen LogP contribution in [0, 0.1) is 11.8 Å². The molecule has 1 rings (SSSR count). The average molecular weight is 300 g/mol. The zero-order valence-corrected chi connectivity index (χ0v) is 13.8. The average Bonchev–Trinajstić information content (AvgIpc) is 2.30. The molecule has 1 aliphatic rings. The molecule has 0 saturated carbocycles. The lowest BCUT2D eigenvalue weighted by atomic mass is 9.96. The monoisotopic (exact) mass is 300 g/mol. The second kappa shape index (κ2) is 7.11. The van der Waals surface area contributed by atoms with Gasteiger partial charge in [-0.05, 0) is 18.8 Å². The lowest BCUT2D eigenvalue weighted by molar-refractivity contribution is -0.160. The standard InChI is InChI=1S/C15H28N2O4/c1-11(2)6-16(7-12(3)4)14(20)17-9-15(5,10-17)21-8-13(18)19/h11-12H,6-10H2,1-5H3,(H,18,19). The van der Waals surface area contributed by atoms with Crippen LogP contribution >= 0.6 is 0 Å². The van der Waals surface area contributed by atoms with Gasteiger partial charge in [-0.15, -0.1) is 0 Å². The van der Waals surface area contributed by atoms with Gasteiger partial charge in [-0.3, -0.25) is 0 Å². The van der Waals surface area contributed by atoms with Gasteiger partial charge < -0.3 is 19.6 Å². The minimum atomic E-state index is -0.984. The summed E-state index contributed by atoms with van der Waals surface area (Å²) < 4.78 is 5.34. The molecular formula is C15H28N2O4. The Labute approximate surface area is 127 Å². The molecule has 0 aliphatic carbocycles. The fraction of sp³-hybridized carbons (Fsp3) is 0.867. The Kier molecular flexibility index (Phi) is 6.01. The summed E-state index contributed by atoms with van der Waals surface area (Å²) in [5.41, 5.74) is -0.532. The molecule has 2 amide bonds. The Morgan fingerprint density at radius 3 is 2.05 bits per heavy atom. The summed E-state index contributed by atoms with van der Waals surface area (Å²) in [6, 6.07) is 0.0220. The Morgan fingerprint density at radius 2 is 1.67 bits per heavy atom. The molecule has 1 fully saturated rings. The van der Waals surface area contributed by atoms with Crippen molar-refractivity contribution >= 4 is 12.0 Å². The third-order valence-corrected chi connectivity index (χ3v) is 3.31. The molecule has 0 radical (unpaired) electrons. The number of carboxylic acids is 1. The largest absolute Gasteiger partial charge is 0.480 e. The van der Waals surface area contributed by atoms with Crippen molar-refractivity contribution in [2.75, 3.05) is 32.8 Å². The Morgan fingerprint density at radius 1 is 1.19 bits per heavy atom. The summed E-state index contributed by atoms with van der Waals surface area (Å²) in [6.45, 7) is 12.3. The van der Waals surface area contributed by atoms with Crippen molar-refractivity contribution in [3.8, 4) is 0 Å². The summed E-state index contributed by atoms with van der Waals surface area (Å²) in [5, 5.41) is 8.64. The number of rotatable bonds is 7. The number of carbonyl (C=O) groups excluding carboxylic acids is 1. The third kappa shape index (κ3) is 5.53. The van der Waals surface area contributed by atoms with Gasteiger partial charge in [-0.25, -0.2) is 9.59 Å². The molecule has 1 aliphatic heterocycles. The minimum absolute atomic E-state index is 0.0220. The Hall–Kier alpha value is -1.30. The summed E-state index contributed by atoms with van der Waals surface area (Å²) >= 11 is 0. The van der Waals surface area contributed by atoms with Crippen LogP contribution in [0.4, 0.5) is 4.79 Å². The van der Waals surface area contributed by atoms with Gasteiger partial charge in [0.2, 0.25) is 0 Å². The topological polar surface area (TPSA) is 70.1 Å². The van der Waals surface area contributed by atoms with E-state index in [1.54, 1.807) is 4.90 Å². The van der Waals surface area contributed by atoms with E-state index in [1.165, 1.54) is 0 Å². The SMILES string of the molecule is CC(C)CN(CC(C)C)C(=O)N1CC(C)(OCC(=O)O)C1. The normalized spacial score (nSPS) is 17.0. The summed E-state index contributed by atoms with van der Waals surface area (Å²) in [6.07, 6.45) is 0. The van der Waals surface area contributed by atoms with Crippen molar-refractivity contribution in [3.05, 3.63) is 0 Å². The first-order valence-corrected chi connectivity index (χ1v) is 7.52. The number of urea groups is 1. The molecule has 0 unspecified atom stereocenters. The zero-order chi connectivity index (χ0) is 16.2. The van der Waals surface area contributed by atoms with Crippen molar-refractivity contribution in [3.63, 3.8) is 0 Å². The van der Waals surface area contributed by atoms with Crippen molar-refractivity contribution in [2.45, 2.75) is 40.2 Å². The van der Waals surface area contributed by atoms with Crippen LogP contribution in [0.1, 0.15) is 34.6 Å². The number of hydrogen-bond acceptors (Lipinski definition) is 3. The number of ether oxygens (including phenoxy) is 1. The number of carbonyl (C=O) groups is 2. The van der Waals surface area contributed by atoms with E-state index < -0.39 is 11.6 Å². The molecule has 6 heteroatoms. The molecule has 0 aromatic rings. The van der Waals surface area contributed by atoms with Crippen LogP contribution < -0.4 is 0 Å². The van der Waals surface area contributed by atoms with Crippen LogP contribution in [-0.2, 0) is 9.53 Å². The number of hydrogen-bond donors (Lipinski definition) is 1. The van der Waals surface area contributed by atoms with Crippen LogP contribution in [0.5, 0.6) is 0 Å². The van der Waals surface area contributed by atoms with E-state index in [2.05, 4.69) is 27.7 Å². The molecule has 21 heavy (non-hydrogen) atoms. The van der Waals surface area contributed by atoms with E-state index >= 15 is 0 Å². The molecule has 1 saturated heterocycles. The molecule has 0 bridgehead atoms. The Bertz CT molecular complexity index is 366. The van der Waals surface area contributed by atoms with Crippen molar-refractivity contribution in [1.29, 1.82) is 0 Å². The minimum Gasteiger partial charge on any atom is -0.480 e. The Balaban J connectivity index is 2.52. The molecule has 0 spiro atoms. The zero-order valence-electron chi connectivity index (χ0n) is 13.8. The molecule has 6 nitrogen and oxygen atoms in total. The molecule has 0 atom stereocenters. The molecule has 0 aromatic heterocycles. The maximum Gasteiger partial charge on any atom is 0.329 e. The first-order chi connectivity index (χ1) is 9.63. The van der Waals surface area contributed by atoms with E-state index in [-0.39, 0.29) is 12.6 Å². The summed E-state index contributed by atoms with van der Waals surface area (Å²) in [5.74, 6) is -0.144.